The molecule has 2 rings (SSSR count). The van der Waals surface area contributed by atoms with E-state index in [4.69, 9.17) is 0 Å². The van der Waals surface area contributed by atoms with Crippen molar-refractivity contribution in [3.05, 3.63) is 57.5 Å². The second-order valence-corrected chi connectivity index (χ2v) is 8.13. The molecule has 0 saturated carbocycles. The third kappa shape index (κ3) is 5.15. The zero-order chi connectivity index (χ0) is 21.3. The number of halogens is 2. The molecule has 0 fully saturated rings. The highest BCUT2D eigenvalue weighted by Crippen LogP contribution is 2.35. The molecular formula is C20H26F2N4O2. The van der Waals surface area contributed by atoms with Crippen LogP contribution in [0.3, 0.4) is 0 Å². The number of aromatic amines is 1. The van der Waals surface area contributed by atoms with Gasteiger partial charge in [-0.25, -0.2) is 13.8 Å². The van der Waals surface area contributed by atoms with Gasteiger partial charge in [0, 0.05) is 32.6 Å². The van der Waals surface area contributed by atoms with E-state index in [1.54, 1.807) is 31.1 Å². The van der Waals surface area contributed by atoms with Gasteiger partial charge in [0.2, 0.25) is 5.95 Å². The number of hydrogen-bond acceptors (Lipinski definition) is 4. The maximum atomic E-state index is 13.5. The largest absolute Gasteiger partial charge is 0.348 e. The van der Waals surface area contributed by atoms with Crippen molar-refractivity contribution < 1.29 is 13.6 Å². The van der Waals surface area contributed by atoms with Crippen LogP contribution in [0, 0.1) is 5.41 Å². The fourth-order valence-corrected chi connectivity index (χ4v) is 2.75. The molecule has 0 aliphatic carbocycles. The molecule has 0 radical (unpaired) electrons. The predicted molar refractivity (Wildman–Crippen MR) is 105 cm³/mol. The molecule has 1 atom stereocenters. The summed E-state index contributed by atoms with van der Waals surface area (Å²) in [6, 6.07) is 6.54. The summed E-state index contributed by atoms with van der Waals surface area (Å²) in [7, 11) is 3.39. The van der Waals surface area contributed by atoms with Crippen molar-refractivity contribution in [2.75, 3.05) is 19.0 Å². The summed E-state index contributed by atoms with van der Waals surface area (Å²) in [6.07, 6.45) is 0. The summed E-state index contributed by atoms with van der Waals surface area (Å²) >= 11 is 0. The number of amides is 1. The predicted octanol–water partition coefficient (Wildman–Crippen LogP) is 3.46. The number of carbonyl (C=O) groups is 1. The van der Waals surface area contributed by atoms with Crippen LogP contribution in [-0.4, -0.2) is 30.0 Å². The maximum absolute atomic E-state index is 13.5. The number of anilines is 1. The summed E-state index contributed by atoms with van der Waals surface area (Å²) in [5.74, 6) is -3.19. The molecule has 28 heavy (non-hydrogen) atoms. The third-order valence-corrected chi connectivity index (χ3v) is 4.28. The van der Waals surface area contributed by atoms with E-state index in [0.29, 0.717) is 5.56 Å². The molecule has 6 nitrogen and oxygen atoms in total. The molecule has 1 aromatic carbocycles. The Morgan fingerprint density at radius 3 is 2.18 bits per heavy atom. The molecule has 0 aliphatic rings. The molecule has 2 N–H and O–H groups in total. The van der Waals surface area contributed by atoms with Crippen LogP contribution >= 0.6 is 0 Å². The van der Waals surface area contributed by atoms with E-state index in [-0.39, 0.29) is 17.2 Å². The van der Waals surface area contributed by atoms with Crippen LogP contribution in [0.1, 0.15) is 55.4 Å². The molecule has 2 aromatic rings. The number of hydrogen-bond donors (Lipinski definition) is 2. The molecule has 0 saturated heterocycles. The lowest BCUT2D eigenvalue weighted by molar-refractivity contribution is 0.0174. The lowest BCUT2D eigenvalue weighted by Gasteiger charge is -2.32. The Bertz CT molecular complexity index is 894. The number of rotatable bonds is 5. The minimum absolute atomic E-state index is 0.0154. The maximum Gasteiger partial charge on any atom is 0.270 e. The second-order valence-electron chi connectivity index (χ2n) is 8.13. The molecule has 152 valence electrons. The van der Waals surface area contributed by atoms with Gasteiger partial charge in [-0.1, -0.05) is 45.0 Å². The van der Waals surface area contributed by atoms with E-state index in [0.717, 1.165) is 13.0 Å². The number of nitrogens with one attached hydrogen (secondary N) is 2. The van der Waals surface area contributed by atoms with Crippen molar-refractivity contribution in [1.29, 1.82) is 0 Å². The van der Waals surface area contributed by atoms with Crippen molar-refractivity contribution in [3.63, 3.8) is 0 Å². The van der Waals surface area contributed by atoms with E-state index < -0.39 is 28.8 Å². The Balaban J connectivity index is 2.36. The third-order valence-electron chi connectivity index (χ3n) is 4.28. The van der Waals surface area contributed by atoms with Crippen molar-refractivity contribution >= 4 is 11.9 Å². The number of carbonyl (C=O) groups excluding carboxylic acids is 1. The molecule has 1 amide bonds. The van der Waals surface area contributed by atoms with E-state index in [1.165, 1.54) is 12.1 Å². The minimum Gasteiger partial charge on any atom is -0.348 e. The van der Waals surface area contributed by atoms with Gasteiger partial charge in [0.05, 0.1) is 6.04 Å². The van der Waals surface area contributed by atoms with Gasteiger partial charge in [-0.2, -0.15) is 0 Å². The summed E-state index contributed by atoms with van der Waals surface area (Å²) in [5.41, 5.74) is -0.268. The molecule has 1 unspecified atom stereocenters. The first-order valence-electron chi connectivity index (χ1n) is 8.87. The Morgan fingerprint density at radius 1 is 1.14 bits per heavy atom. The van der Waals surface area contributed by atoms with Crippen LogP contribution in [0.15, 0.2) is 35.1 Å². The molecular weight excluding hydrogens is 366 g/mol. The smallest absolute Gasteiger partial charge is 0.270 e. The topological polar surface area (TPSA) is 78.1 Å². The average molecular weight is 392 g/mol. The molecule has 1 heterocycles. The molecule has 1 aromatic heterocycles. The highest BCUT2D eigenvalue weighted by atomic mass is 19.3. The van der Waals surface area contributed by atoms with Gasteiger partial charge in [-0.05, 0) is 11.0 Å². The minimum atomic E-state index is -2.93. The molecule has 8 heteroatoms. The fourth-order valence-electron chi connectivity index (χ4n) is 2.75. The Hall–Kier alpha value is -2.77. The fraction of sp³-hybridized carbons (Fsp3) is 0.450. The number of aromatic nitrogens is 2. The van der Waals surface area contributed by atoms with Crippen LogP contribution in [0.25, 0.3) is 0 Å². The lowest BCUT2D eigenvalue weighted by atomic mass is 9.82. The number of H-pyrrole nitrogens is 1. The van der Waals surface area contributed by atoms with Gasteiger partial charge in [-0.3, -0.25) is 14.6 Å². The first-order chi connectivity index (χ1) is 12.8. The van der Waals surface area contributed by atoms with Crippen LogP contribution in [0.4, 0.5) is 14.7 Å². The van der Waals surface area contributed by atoms with E-state index in [2.05, 4.69) is 15.3 Å². The lowest BCUT2D eigenvalue weighted by Crippen LogP contribution is -2.37. The zero-order valence-electron chi connectivity index (χ0n) is 16.9. The SMILES string of the molecule is CN(C)c1nc(C(=O)NC(c2ccc(C(C)(F)F)cc2)C(C)(C)C)cc(=O)[nH]1. The quantitative estimate of drug-likeness (QED) is 0.817. The standard InChI is InChI=1S/C20H26F2N4O2/c1-19(2,3)16(12-7-9-13(10-8-12)20(4,21)22)25-17(28)14-11-15(27)24-18(23-14)26(5)6/h7-11,16H,1-6H3,(H,25,28)(H,23,24,27). The number of benzene rings is 1. The summed E-state index contributed by atoms with van der Waals surface area (Å²) < 4.78 is 27.0. The number of alkyl halides is 2. The molecule has 0 aliphatic heterocycles. The summed E-state index contributed by atoms with van der Waals surface area (Å²) in [4.78, 5) is 32.9. The second kappa shape index (κ2) is 7.69. The van der Waals surface area contributed by atoms with Crippen molar-refractivity contribution in [2.24, 2.45) is 5.41 Å². The highest BCUT2D eigenvalue weighted by Gasteiger charge is 2.30. The van der Waals surface area contributed by atoms with Crippen LogP contribution in [-0.2, 0) is 5.92 Å². The van der Waals surface area contributed by atoms with Gasteiger partial charge in [0.1, 0.15) is 5.69 Å². The van der Waals surface area contributed by atoms with E-state index >= 15 is 0 Å². The van der Waals surface area contributed by atoms with Gasteiger partial charge in [0.25, 0.3) is 17.4 Å². The number of nitrogens with zero attached hydrogens (tertiary/aromatic N) is 2. The average Bonchev–Trinajstić information content (AvgIpc) is 2.57. The zero-order valence-corrected chi connectivity index (χ0v) is 16.9. The normalized spacial score (nSPS) is 13.1. The van der Waals surface area contributed by atoms with Crippen molar-refractivity contribution in [1.82, 2.24) is 15.3 Å². The van der Waals surface area contributed by atoms with Crippen LogP contribution in [0.2, 0.25) is 0 Å². The van der Waals surface area contributed by atoms with Gasteiger partial charge in [-0.15, -0.1) is 0 Å². The van der Waals surface area contributed by atoms with E-state index in [9.17, 15) is 18.4 Å². The molecule has 0 spiro atoms. The summed E-state index contributed by atoms with van der Waals surface area (Å²) in [5, 5.41) is 2.88. The highest BCUT2D eigenvalue weighted by molar-refractivity contribution is 5.92. The first kappa shape index (κ1) is 21.5. The first-order valence-corrected chi connectivity index (χ1v) is 8.87. The van der Waals surface area contributed by atoms with Gasteiger partial charge >= 0.3 is 0 Å². The van der Waals surface area contributed by atoms with Crippen LogP contribution < -0.4 is 15.8 Å². The Labute approximate surface area is 163 Å². The summed E-state index contributed by atoms with van der Waals surface area (Å²) in [6.45, 7) is 6.62. The van der Waals surface area contributed by atoms with Crippen LogP contribution in [0.5, 0.6) is 0 Å². The Kier molecular flexibility index (Phi) is 5.91. The van der Waals surface area contributed by atoms with Gasteiger partial charge < -0.3 is 10.2 Å². The Morgan fingerprint density at radius 2 is 1.71 bits per heavy atom. The molecule has 0 bridgehead atoms. The van der Waals surface area contributed by atoms with E-state index in [1.807, 2.05) is 20.8 Å². The van der Waals surface area contributed by atoms with Crippen molar-refractivity contribution in [2.45, 2.75) is 39.7 Å². The monoisotopic (exact) mass is 392 g/mol. The van der Waals surface area contributed by atoms with Gasteiger partial charge in [0.15, 0.2) is 0 Å². The van der Waals surface area contributed by atoms with Crippen molar-refractivity contribution in [3.8, 4) is 0 Å².